The van der Waals surface area contributed by atoms with E-state index >= 15 is 0 Å². The Balaban J connectivity index is 1.23. The van der Waals surface area contributed by atoms with Gasteiger partial charge in [-0.25, -0.2) is 8.78 Å². The second kappa shape index (κ2) is 7.55. The van der Waals surface area contributed by atoms with Gasteiger partial charge in [0.1, 0.15) is 17.9 Å². The van der Waals surface area contributed by atoms with Crippen molar-refractivity contribution in [3.63, 3.8) is 0 Å². The maximum absolute atomic E-state index is 13.2. The smallest absolute Gasteiger partial charge is 0.255 e. The number of likely N-dealkylation sites (tertiary alicyclic amines) is 1. The number of nitrogens with zero attached hydrogens (tertiary/aromatic N) is 2. The maximum Gasteiger partial charge on any atom is 0.255 e. The summed E-state index contributed by atoms with van der Waals surface area (Å²) < 4.78 is 32.6. The summed E-state index contributed by atoms with van der Waals surface area (Å²) in [5.74, 6) is -2.85. The van der Waals surface area contributed by atoms with Crippen LogP contribution in [-0.4, -0.2) is 64.7 Å². The van der Waals surface area contributed by atoms with Crippen molar-refractivity contribution in [1.29, 1.82) is 0 Å². The van der Waals surface area contributed by atoms with Crippen molar-refractivity contribution in [2.24, 2.45) is 0 Å². The molecule has 5 rings (SSSR count). The molecule has 0 spiro atoms. The van der Waals surface area contributed by atoms with Crippen molar-refractivity contribution in [3.8, 4) is 5.75 Å². The Morgan fingerprint density at radius 2 is 1.94 bits per heavy atom. The zero-order valence-electron chi connectivity index (χ0n) is 17.1. The van der Waals surface area contributed by atoms with Gasteiger partial charge >= 0.3 is 0 Å². The van der Waals surface area contributed by atoms with E-state index in [0.717, 1.165) is 24.9 Å². The fourth-order valence-electron chi connectivity index (χ4n) is 5.10. The topological polar surface area (TPSA) is 79.0 Å². The summed E-state index contributed by atoms with van der Waals surface area (Å²) in [7, 11) is 0. The highest BCUT2D eigenvalue weighted by atomic mass is 19.3. The van der Waals surface area contributed by atoms with E-state index in [2.05, 4.69) is 10.2 Å². The van der Waals surface area contributed by atoms with Gasteiger partial charge in [0.05, 0.1) is 0 Å². The summed E-state index contributed by atoms with van der Waals surface area (Å²) in [6.07, 6.45) is 2.08. The van der Waals surface area contributed by atoms with E-state index in [1.54, 1.807) is 12.1 Å². The van der Waals surface area contributed by atoms with Crippen LogP contribution >= 0.6 is 0 Å². The van der Waals surface area contributed by atoms with E-state index in [-0.39, 0.29) is 43.2 Å². The number of piperidine rings is 2. The maximum atomic E-state index is 13.2. The number of benzene rings is 1. The summed E-state index contributed by atoms with van der Waals surface area (Å²) in [6, 6.07) is 4.58. The molecule has 7 nitrogen and oxygen atoms in total. The van der Waals surface area contributed by atoms with Crippen LogP contribution in [0.4, 0.5) is 8.78 Å². The van der Waals surface area contributed by atoms with Crippen molar-refractivity contribution in [1.82, 2.24) is 15.1 Å². The molecular formula is C22H25F2N3O4. The minimum absolute atomic E-state index is 0.0684. The number of alkyl halides is 2. The third-order valence-corrected chi connectivity index (χ3v) is 6.79. The lowest BCUT2D eigenvalue weighted by atomic mass is 9.85. The Labute approximate surface area is 178 Å². The van der Waals surface area contributed by atoms with E-state index in [1.165, 1.54) is 4.90 Å². The second-order valence-electron chi connectivity index (χ2n) is 9.01. The Bertz CT molecular complexity index is 929. The van der Waals surface area contributed by atoms with Gasteiger partial charge in [0.25, 0.3) is 11.8 Å². The first-order chi connectivity index (χ1) is 14.8. The molecule has 31 heavy (non-hydrogen) atoms. The summed E-state index contributed by atoms with van der Waals surface area (Å²) >= 11 is 0. The van der Waals surface area contributed by atoms with Crippen molar-refractivity contribution in [2.45, 2.75) is 69.2 Å². The number of imide groups is 1. The molecule has 3 fully saturated rings. The highest BCUT2D eigenvalue weighted by Crippen LogP contribution is 2.41. The molecule has 1 aromatic rings. The number of amides is 3. The molecule has 2 saturated heterocycles. The average Bonchev–Trinajstić information content (AvgIpc) is 3.02. The van der Waals surface area contributed by atoms with E-state index in [4.69, 9.17) is 4.74 Å². The number of rotatable bonds is 4. The Hall–Kier alpha value is -2.55. The number of fused-ring (bicyclic) bond motifs is 1. The Morgan fingerprint density at radius 3 is 2.68 bits per heavy atom. The average molecular weight is 433 g/mol. The predicted molar refractivity (Wildman–Crippen MR) is 106 cm³/mol. The van der Waals surface area contributed by atoms with Gasteiger partial charge < -0.3 is 9.64 Å². The standard InChI is InChI=1S/C22H25F2N3O4/c23-22(24)9-14(10-22)26-7-1-2-16(12-26)31-15-3-4-17-13(8-15)11-27(21(17)30)18-5-6-19(28)25-20(18)29/h3-4,8,14,16,18H,1-2,5-7,9-12H2,(H,25,28,29)/t16-,18-/m1/s1. The molecule has 3 aliphatic heterocycles. The Morgan fingerprint density at radius 1 is 1.13 bits per heavy atom. The summed E-state index contributed by atoms with van der Waals surface area (Å²) in [5, 5.41) is 2.30. The van der Waals surface area contributed by atoms with E-state index in [0.29, 0.717) is 30.8 Å². The van der Waals surface area contributed by atoms with Gasteiger partial charge in [-0.15, -0.1) is 0 Å². The first-order valence-corrected chi connectivity index (χ1v) is 10.9. The van der Waals surface area contributed by atoms with Gasteiger partial charge in [0, 0.05) is 44.0 Å². The molecular weight excluding hydrogens is 408 g/mol. The SMILES string of the molecule is O=C1CC[C@@H](N2Cc3cc(O[C@@H]4CCCN(C5CC(F)(F)C5)C4)ccc3C2=O)C(=O)N1. The molecule has 0 aromatic heterocycles. The number of carbonyl (C=O) groups is 3. The number of carbonyl (C=O) groups excluding carboxylic acids is 3. The van der Waals surface area contributed by atoms with E-state index in [9.17, 15) is 23.2 Å². The zero-order chi connectivity index (χ0) is 21.8. The molecule has 1 aliphatic carbocycles. The van der Waals surface area contributed by atoms with E-state index in [1.807, 2.05) is 6.07 Å². The normalized spacial score (nSPS) is 28.8. The molecule has 1 N–H and O–H groups in total. The van der Waals surface area contributed by atoms with Gasteiger partial charge in [0.2, 0.25) is 11.8 Å². The molecule has 2 atom stereocenters. The summed E-state index contributed by atoms with van der Waals surface area (Å²) in [5.41, 5.74) is 1.33. The van der Waals surface area contributed by atoms with Crippen LogP contribution in [0.5, 0.6) is 5.75 Å². The quantitative estimate of drug-likeness (QED) is 0.736. The fraction of sp³-hybridized carbons (Fsp3) is 0.591. The molecule has 3 heterocycles. The zero-order valence-corrected chi connectivity index (χ0v) is 17.1. The van der Waals surface area contributed by atoms with Crippen LogP contribution in [-0.2, 0) is 16.1 Å². The molecule has 0 radical (unpaired) electrons. The number of ether oxygens (including phenoxy) is 1. The van der Waals surface area contributed by atoms with Crippen LogP contribution in [0.2, 0.25) is 0 Å². The molecule has 3 amide bonds. The van der Waals surface area contributed by atoms with Crippen LogP contribution in [0.3, 0.4) is 0 Å². The predicted octanol–water partition coefficient (Wildman–Crippen LogP) is 2.09. The number of nitrogens with one attached hydrogen (secondary N) is 1. The molecule has 1 saturated carbocycles. The number of hydrogen-bond acceptors (Lipinski definition) is 5. The van der Waals surface area contributed by atoms with Crippen LogP contribution in [0.1, 0.15) is 54.4 Å². The molecule has 0 unspecified atom stereocenters. The summed E-state index contributed by atoms with van der Waals surface area (Å²) in [6.45, 7) is 1.74. The number of hydrogen-bond donors (Lipinski definition) is 1. The minimum Gasteiger partial charge on any atom is -0.489 e. The van der Waals surface area contributed by atoms with Gasteiger partial charge in [-0.3, -0.25) is 24.6 Å². The van der Waals surface area contributed by atoms with Crippen LogP contribution in [0.25, 0.3) is 0 Å². The molecule has 1 aromatic carbocycles. The Kier molecular flexibility index (Phi) is 4.96. The second-order valence-corrected chi connectivity index (χ2v) is 9.01. The van der Waals surface area contributed by atoms with Crippen LogP contribution < -0.4 is 10.1 Å². The summed E-state index contributed by atoms with van der Waals surface area (Å²) in [4.78, 5) is 40.0. The molecule has 166 valence electrons. The first-order valence-electron chi connectivity index (χ1n) is 10.9. The third-order valence-electron chi connectivity index (χ3n) is 6.79. The number of halogens is 2. The highest BCUT2D eigenvalue weighted by molar-refractivity contribution is 6.05. The van der Waals surface area contributed by atoms with Gasteiger partial charge in [-0.05, 0) is 49.6 Å². The highest BCUT2D eigenvalue weighted by Gasteiger charge is 2.48. The van der Waals surface area contributed by atoms with Crippen molar-refractivity contribution in [3.05, 3.63) is 29.3 Å². The van der Waals surface area contributed by atoms with E-state index < -0.39 is 17.9 Å². The van der Waals surface area contributed by atoms with Crippen LogP contribution in [0, 0.1) is 0 Å². The molecule has 0 bridgehead atoms. The van der Waals surface area contributed by atoms with Gasteiger partial charge in [-0.1, -0.05) is 0 Å². The third kappa shape index (κ3) is 3.91. The largest absolute Gasteiger partial charge is 0.489 e. The molecule has 4 aliphatic rings. The van der Waals surface area contributed by atoms with Gasteiger partial charge in [-0.2, -0.15) is 0 Å². The fourth-order valence-corrected chi connectivity index (χ4v) is 5.10. The van der Waals surface area contributed by atoms with Crippen LogP contribution in [0.15, 0.2) is 18.2 Å². The van der Waals surface area contributed by atoms with Crippen molar-refractivity contribution in [2.75, 3.05) is 13.1 Å². The van der Waals surface area contributed by atoms with Crippen molar-refractivity contribution >= 4 is 17.7 Å². The lowest BCUT2D eigenvalue weighted by molar-refractivity contribution is -0.137. The monoisotopic (exact) mass is 433 g/mol. The first kappa shape index (κ1) is 20.4. The minimum atomic E-state index is -2.53. The van der Waals surface area contributed by atoms with Crippen molar-refractivity contribution < 1.29 is 27.9 Å². The van der Waals surface area contributed by atoms with Gasteiger partial charge in [0.15, 0.2) is 0 Å². The molecule has 9 heteroatoms. The lowest BCUT2D eigenvalue weighted by Crippen LogP contribution is -2.55. The lowest BCUT2D eigenvalue weighted by Gasteiger charge is -2.45.